The summed E-state index contributed by atoms with van der Waals surface area (Å²) < 4.78 is 0. The van der Waals surface area contributed by atoms with Crippen molar-refractivity contribution in [2.75, 3.05) is 18.8 Å². The summed E-state index contributed by atoms with van der Waals surface area (Å²) in [7, 11) is 0. The van der Waals surface area contributed by atoms with Crippen molar-refractivity contribution in [3.63, 3.8) is 0 Å². The molecule has 0 radical (unpaired) electrons. The van der Waals surface area contributed by atoms with E-state index in [0.29, 0.717) is 25.9 Å². The predicted octanol–water partition coefficient (Wildman–Crippen LogP) is 2.30. The standard InChI is InChI=1S/C16H22N2O2S/c1-3-16(2)15(20)18(10-9-14(19)17-16)11-12-21-13-7-5-4-6-8-13/h4-8H,3,9-12H2,1-2H3,(H,17,19). The maximum absolute atomic E-state index is 12.6. The molecule has 1 fully saturated rings. The Kier molecular flexibility index (Phi) is 5.28. The molecule has 0 aromatic heterocycles. The SMILES string of the molecule is CCC1(C)NC(=O)CCN(CCSc2ccccc2)C1=O. The summed E-state index contributed by atoms with van der Waals surface area (Å²) in [5.74, 6) is 0.833. The first-order valence-corrected chi connectivity index (χ1v) is 8.32. The Morgan fingerprint density at radius 3 is 2.67 bits per heavy atom. The van der Waals surface area contributed by atoms with Gasteiger partial charge < -0.3 is 10.2 Å². The molecule has 1 aliphatic heterocycles. The number of carbonyl (C=O) groups is 2. The van der Waals surface area contributed by atoms with E-state index in [1.54, 1.807) is 11.8 Å². The Bertz CT molecular complexity index is 506. The number of nitrogens with one attached hydrogen (secondary N) is 1. The average Bonchev–Trinajstić information content (AvgIpc) is 2.60. The number of carbonyl (C=O) groups excluding carboxylic acids is 2. The van der Waals surface area contributed by atoms with Crippen molar-refractivity contribution in [2.45, 2.75) is 37.1 Å². The Labute approximate surface area is 130 Å². The van der Waals surface area contributed by atoms with Gasteiger partial charge >= 0.3 is 0 Å². The Hall–Kier alpha value is -1.49. The van der Waals surface area contributed by atoms with E-state index in [4.69, 9.17) is 0 Å². The molecule has 0 saturated carbocycles. The van der Waals surface area contributed by atoms with Gasteiger partial charge in [-0.05, 0) is 25.5 Å². The van der Waals surface area contributed by atoms with Crippen LogP contribution in [0.25, 0.3) is 0 Å². The highest BCUT2D eigenvalue weighted by molar-refractivity contribution is 7.99. The molecule has 0 aliphatic carbocycles. The second-order valence-corrected chi connectivity index (χ2v) is 6.61. The number of hydrogen-bond donors (Lipinski definition) is 1. The third-order valence-corrected chi connectivity index (χ3v) is 4.86. The fourth-order valence-corrected chi connectivity index (χ4v) is 3.25. The minimum Gasteiger partial charge on any atom is -0.342 e. The molecule has 1 heterocycles. The smallest absolute Gasteiger partial charge is 0.248 e. The van der Waals surface area contributed by atoms with Crippen molar-refractivity contribution in [3.05, 3.63) is 30.3 Å². The summed E-state index contributed by atoms with van der Waals surface area (Å²) in [5.41, 5.74) is -0.759. The van der Waals surface area contributed by atoms with E-state index in [2.05, 4.69) is 17.4 Å². The van der Waals surface area contributed by atoms with Gasteiger partial charge in [0.25, 0.3) is 0 Å². The van der Waals surface area contributed by atoms with Crippen LogP contribution in [0, 0.1) is 0 Å². The van der Waals surface area contributed by atoms with Gasteiger partial charge in [-0.3, -0.25) is 9.59 Å². The minimum absolute atomic E-state index is 0.0320. The summed E-state index contributed by atoms with van der Waals surface area (Å²) in [5, 5.41) is 2.86. The van der Waals surface area contributed by atoms with Crippen LogP contribution >= 0.6 is 11.8 Å². The van der Waals surface area contributed by atoms with Gasteiger partial charge in [0.2, 0.25) is 11.8 Å². The number of amides is 2. The summed E-state index contributed by atoms with van der Waals surface area (Å²) in [6, 6.07) is 10.1. The zero-order chi connectivity index (χ0) is 15.3. The topological polar surface area (TPSA) is 49.4 Å². The van der Waals surface area contributed by atoms with Crippen molar-refractivity contribution < 1.29 is 9.59 Å². The van der Waals surface area contributed by atoms with Crippen LogP contribution in [0.2, 0.25) is 0 Å². The molecule has 2 rings (SSSR count). The molecule has 1 aromatic rings. The van der Waals surface area contributed by atoms with Gasteiger partial charge in [0.1, 0.15) is 5.54 Å². The number of hydrogen-bond acceptors (Lipinski definition) is 3. The van der Waals surface area contributed by atoms with Crippen LogP contribution in [0.4, 0.5) is 0 Å². The van der Waals surface area contributed by atoms with Gasteiger partial charge in [-0.25, -0.2) is 0 Å². The number of thioether (sulfide) groups is 1. The summed E-state index contributed by atoms with van der Waals surface area (Å²) in [6.45, 7) is 4.93. The monoisotopic (exact) mass is 306 g/mol. The van der Waals surface area contributed by atoms with Gasteiger partial charge in [-0.2, -0.15) is 0 Å². The van der Waals surface area contributed by atoms with Crippen LogP contribution in [-0.4, -0.2) is 41.1 Å². The molecule has 4 nitrogen and oxygen atoms in total. The normalized spacial score (nSPS) is 22.9. The van der Waals surface area contributed by atoms with E-state index >= 15 is 0 Å². The molecule has 21 heavy (non-hydrogen) atoms. The molecular formula is C16H22N2O2S. The van der Waals surface area contributed by atoms with Crippen LogP contribution in [0.3, 0.4) is 0 Å². The van der Waals surface area contributed by atoms with Gasteiger partial charge in [-0.15, -0.1) is 11.8 Å². The zero-order valence-corrected chi connectivity index (χ0v) is 13.4. The highest BCUT2D eigenvalue weighted by Gasteiger charge is 2.38. The van der Waals surface area contributed by atoms with E-state index in [1.165, 1.54) is 4.90 Å². The lowest BCUT2D eigenvalue weighted by molar-refractivity contribution is -0.138. The van der Waals surface area contributed by atoms with E-state index in [0.717, 1.165) is 5.75 Å². The molecular weight excluding hydrogens is 284 g/mol. The fourth-order valence-electron chi connectivity index (χ4n) is 2.35. The third kappa shape index (κ3) is 4.00. The van der Waals surface area contributed by atoms with Gasteiger partial charge in [0.05, 0.1) is 0 Å². The fraction of sp³-hybridized carbons (Fsp3) is 0.500. The lowest BCUT2D eigenvalue weighted by atomic mass is 9.97. The van der Waals surface area contributed by atoms with Crippen LogP contribution in [-0.2, 0) is 9.59 Å². The van der Waals surface area contributed by atoms with Crippen molar-refractivity contribution in [3.8, 4) is 0 Å². The highest BCUT2D eigenvalue weighted by atomic mass is 32.2. The van der Waals surface area contributed by atoms with E-state index in [1.807, 2.05) is 36.9 Å². The van der Waals surface area contributed by atoms with Gasteiger partial charge in [0, 0.05) is 30.2 Å². The second kappa shape index (κ2) is 6.98. The Morgan fingerprint density at radius 1 is 1.29 bits per heavy atom. The minimum atomic E-state index is -0.759. The number of rotatable bonds is 5. The number of benzene rings is 1. The lowest BCUT2D eigenvalue weighted by Gasteiger charge is -2.31. The molecule has 1 saturated heterocycles. The number of nitrogens with zero attached hydrogens (tertiary/aromatic N) is 1. The molecule has 1 unspecified atom stereocenters. The van der Waals surface area contributed by atoms with Gasteiger partial charge in [0.15, 0.2) is 0 Å². The molecule has 1 atom stereocenters. The van der Waals surface area contributed by atoms with Crippen LogP contribution in [0.1, 0.15) is 26.7 Å². The largest absolute Gasteiger partial charge is 0.342 e. The summed E-state index contributed by atoms with van der Waals surface area (Å²) in [4.78, 5) is 27.4. The summed E-state index contributed by atoms with van der Waals surface area (Å²) >= 11 is 1.73. The predicted molar refractivity (Wildman–Crippen MR) is 85.2 cm³/mol. The lowest BCUT2D eigenvalue weighted by Crippen LogP contribution is -2.54. The Balaban J connectivity index is 1.95. The molecule has 2 amide bonds. The van der Waals surface area contributed by atoms with E-state index in [-0.39, 0.29) is 11.8 Å². The molecule has 1 aliphatic rings. The quantitative estimate of drug-likeness (QED) is 0.849. The van der Waals surface area contributed by atoms with Crippen molar-refractivity contribution in [2.24, 2.45) is 0 Å². The molecule has 0 spiro atoms. The summed E-state index contributed by atoms with van der Waals surface area (Å²) in [6.07, 6.45) is 0.997. The van der Waals surface area contributed by atoms with E-state index < -0.39 is 5.54 Å². The van der Waals surface area contributed by atoms with E-state index in [9.17, 15) is 9.59 Å². The molecule has 5 heteroatoms. The first-order chi connectivity index (χ1) is 10.0. The molecule has 0 bridgehead atoms. The average molecular weight is 306 g/mol. The first-order valence-electron chi connectivity index (χ1n) is 7.33. The van der Waals surface area contributed by atoms with Crippen LogP contribution in [0.5, 0.6) is 0 Å². The first kappa shape index (κ1) is 15.9. The maximum Gasteiger partial charge on any atom is 0.248 e. The van der Waals surface area contributed by atoms with Crippen molar-refractivity contribution >= 4 is 23.6 Å². The zero-order valence-electron chi connectivity index (χ0n) is 12.6. The van der Waals surface area contributed by atoms with Crippen LogP contribution in [0.15, 0.2) is 35.2 Å². The third-order valence-electron chi connectivity index (χ3n) is 3.86. The van der Waals surface area contributed by atoms with Crippen molar-refractivity contribution in [1.29, 1.82) is 0 Å². The maximum atomic E-state index is 12.6. The second-order valence-electron chi connectivity index (χ2n) is 5.44. The Morgan fingerprint density at radius 2 is 2.00 bits per heavy atom. The van der Waals surface area contributed by atoms with Gasteiger partial charge in [-0.1, -0.05) is 25.1 Å². The highest BCUT2D eigenvalue weighted by Crippen LogP contribution is 2.20. The molecule has 114 valence electrons. The van der Waals surface area contributed by atoms with Crippen LogP contribution < -0.4 is 5.32 Å². The molecule has 1 aromatic carbocycles. The van der Waals surface area contributed by atoms with Crippen molar-refractivity contribution in [1.82, 2.24) is 10.2 Å². The molecule has 1 N–H and O–H groups in total.